The molecule has 168 valence electrons. The van der Waals surface area contributed by atoms with E-state index in [1.165, 1.54) is 17.3 Å². The van der Waals surface area contributed by atoms with Gasteiger partial charge in [-0.3, -0.25) is 4.79 Å². The van der Waals surface area contributed by atoms with Crippen LogP contribution in [0, 0.1) is 13.8 Å². The van der Waals surface area contributed by atoms with E-state index in [1.54, 1.807) is 18.2 Å². The molecular weight excluding hydrogens is 428 g/mol. The standard InChI is InChI=1S/C23H26N4O4S/c1-14(2)27-21(11-29-18-7-5-15(3)9-16(18)4)25-26-23(27)32-12-22(28)24-17-6-8-19-20(10-17)31-13-30-19/h5-10,14H,11-13H2,1-4H3,(H,24,28). The van der Waals surface area contributed by atoms with Crippen molar-refractivity contribution in [3.05, 3.63) is 53.3 Å². The molecule has 1 N–H and O–H groups in total. The van der Waals surface area contributed by atoms with E-state index in [2.05, 4.69) is 42.4 Å². The molecule has 0 spiro atoms. The number of anilines is 1. The van der Waals surface area contributed by atoms with Gasteiger partial charge in [0.1, 0.15) is 12.4 Å². The van der Waals surface area contributed by atoms with Gasteiger partial charge in [0.2, 0.25) is 12.7 Å². The number of carbonyl (C=O) groups excluding carboxylic acids is 1. The molecule has 1 aliphatic rings. The Balaban J connectivity index is 1.38. The molecule has 0 radical (unpaired) electrons. The van der Waals surface area contributed by atoms with Gasteiger partial charge in [0.25, 0.3) is 0 Å². The average Bonchev–Trinajstić information content (AvgIpc) is 3.38. The monoisotopic (exact) mass is 454 g/mol. The van der Waals surface area contributed by atoms with Gasteiger partial charge in [0.05, 0.1) is 5.75 Å². The number of hydrogen-bond donors (Lipinski definition) is 1. The fourth-order valence-corrected chi connectivity index (χ4v) is 4.31. The highest BCUT2D eigenvalue weighted by molar-refractivity contribution is 7.99. The van der Waals surface area contributed by atoms with Crippen LogP contribution >= 0.6 is 11.8 Å². The summed E-state index contributed by atoms with van der Waals surface area (Å²) in [5.74, 6) is 2.92. The predicted molar refractivity (Wildman–Crippen MR) is 123 cm³/mol. The fraction of sp³-hybridized carbons (Fsp3) is 0.348. The molecule has 1 aromatic heterocycles. The van der Waals surface area contributed by atoms with E-state index in [0.29, 0.717) is 28.9 Å². The van der Waals surface area contributed by atoms with Gasteiger partial charge in [-0.15, -0.1) is 10.2 Å². The third-order valence-corrected chi connectivity index (χ3v) is 5.87. The summed E-state index contributed by atoms with van der Waals surface area (Å²) in [5.41, 5.74) is 2.93. The number of hydrogen-bond acceptors (Lipinski definition) is 7. The third-order valence-electron chi connectivity index (χ3n) is 4.93. The van der Waals surface area contributed by atoms with Crippen molar-refractivity contribution in [2.45, 2.75) is 45.5 Å². The van der Waals surface area contributed by atoms with E-state index >= 15 is 0 Å². The molecule has 32 heavy (non-hydrogen) atoms. The Kier molecular flexibility index (Phi) is 6.55. The summed E-state index contributed by atoms with van der Waals surface area (Å²) in [6.07, 6.45) is 0. The van der Waals surface area contributed by atoms with Crippen LogP contribution in [0.1, 0.15) is 36.8 Å². The Hall–Kier alpha value is -3.20. The molecule has 0 aliphatic carbocycles. The summed E-state index contributed by atoms with van der Waals surface area (Å²) < 4.78 is 18.6. The molecule has 2 heterocycles. The lowest BCUT2D eigenvalue weighted by atomic mass is 10.1. The molecule has 0 atom stereocenters. The number of rotatable bonds is 8. The zero-order valence-electron chi connectivity index (χ0n) is 18.5. The Labute approximate surface area is 191 Å². The van der Waals surface area contributed by atoms with Gasteiger partial charge in [0, 0.05) is 17.8 Å². The van der Waals surface area contributed by atoms with E-state index in [1.807, 2.05) is 23.6 Å². The predicted octanol–water partition coefficient (Wildman–Crippen LogP) is 4.51. The number of nitrogens with zero attached hydrogens (tertiary/aromatic N) is 3. The summed E-state index contributed by atoms with van der Waals surface area (Å²) >= 11 is 1.34. The van der Waals surface area contributed by atoms with Crippen molar-refractivity contribution in [3.63, 3.8) is 0 Å². The molecule has 0 saturated carbocycles. The highest BCUT2D eigenvalue weighted by atomic mass is 32.2. The van der Waals surface area contributed by atoms with Gasteiger partial charge < -0.3 is 24.1 Å². The molecule has 3 aromatic rings. The van der Waals surface area contributed by atoms with Crippen LogP contribution < -0.4 is 19.5 Å². The fourth-order valence-electron chi connectivity index (χ4n) is 3.43. The number of benzene rings is 2. The van der Waals surface area contributed by atoms with Gasteiger partial charge in [-0.2, -0.15) is 0 Å². The quantitative estimate of drug-likeness (QED) is 0.501. The van der Waals surface area contributed by atoms with Gasteiger partial charge >= 0.3 is 0 Å². The van der Waals surface area contributed by atoms with Crippen molar-refractivity contribution >= 4 is 23.4 Å². The maximum Gasteiger partial charge on any atom is 0.234 e. The Morgan fingerprint density at radius 1 is 1.16 bits per heavy atom. The number of nitrogens with one attached hydrogen (secondary N) is 1. The minimum Gasteiger partial charge on any atom is -0.485 e. The zero-order valence-corrected chi connectivity index (χ0v) is 19.4. The summed E-state index contributed by atoms with van der Waals surface area (Å²) in [4.78, 5) is 12.5. The highest BCUT2D eigenvalue weighted by Crippen LogP contribution is 2.34. The largest absolute Gasteiger partial charge is 0.485 e. The number of amides is 1. The van der Waals surface area contributed by atoms with Gasteiger partial charge in [0.15, 0.2) is 22.5 Å². The molecule has 1 amide bonds. The second-order valence-corrected chi connectivity index (χ2v) is 8.77. The molecule has 1 aliphatic heterocycles. The lowest BCUT2D eigenvalue weighted by Gasteiger charge is -2.15. The first-order valence-corrected chi connectivity index (χ1v) is 11.4. The number of ether oxygens (including phenoxy) is 3. The third kappa shape index (κ3) is 4.99. The maximum atomic E-state index is 12.5. The summed E-state index contributed by atoms with van der Waals surface area (Å²) in [6.45, 7) is 8.69. The van der Waals surface area contributed by atoms with Crippen LogP contribution in [-0.2, 0) is 11.4 Å². The van der Waals surface area contributed by atoms with E-state index in [-0.39, 0.29) is 24.5 Å². The van der Waals surface area contributed by atoms with Gasteiger partial charge in [-0.05, 0) is 51.5 Å². The van der Waals surface area contributed by atoms with Crippen LogP contribution in [0.3, 0.4) is 0 Å². The smallest absolute Gasteiger partial charge is 0.234 e. The topological polar surface area (TPSA) is 87.5 Å². The first-order valence-electron chi connectivity index (χ1n) is 10.4. The van der Waals surface area contributed by atoms with Crippen molar-refractivity contribution in [1.29, 1.82) is 0 Å². The van der Waals surface area contributed by atoms with Crippen LogP contribution in [0.4, 0.5) is 5.69 Å². The van der Waals surface area contributed by atoms with Crippen LogP contribution in [0.2, 0.25) is 0 Å². The molecule has 4 rings (SSSR count). The SMILES string of the molecule is Cc1ccc(OCc2nnc(SCC(=O)Nc3ccc4c(c3)OCO4)n2C(C)C)c(C)c1. The Morgan fingerprint density at radius 2 is 1.97 bits per heavy atom. The number of aromatic nitrogens is 3. The number of aryl methyl sites for hydroxylation is 2. The van der Waals surface area contributed by atoms with Crippen molar-refractivity contribution in [3.8, 4) is 17.2 Å². The van der Waals surface area contributed by atoms with E-state index in [4.69, 9.17) is 14.2 Å². The van der Waals surface area contributed by atoms with Crippen molar-refractivity contribution in [2.24, 2.45) is 0 Å². The number of fused-ring (bicyclic) bond motifs is 1. The highest BCUT2D eigenvalue weighted by Gasteiger charge is 2.18. The molecule has 2 aromatic carbocycles. The number of thioether (sulfide) groups is 1. The molecular formula is C23H26N4O4S. The summed E-state index contributed by atoms with van der Waals surface area (Å²) in [6, 6.07) is 11.5. The second kappa shape index (κ2) is 9.52. The van der Waals surface area contributed by atoms with Crippen LogP contribution in [0.5, 0.6) is 17.2 Å². The zero-order chi connectivity index (χ0) is 22.7. The Morgan fingerprint density at radius 3 is 2.75 bits per heavy atom. The minimum absolute atomic E-state index is 0.127. The van der Waals surface area contributed by atoms with Crippen molar-refractivity contribution in [1.82, 2.24) is 14.8 Å². The molecule has 0 bridgehead atoms. The summed E-state index contributed by atoms with van der Waals surface area (Å²) in [7, 11) is 0. The lowest BCUT2D eigenvalue weighted by molar-refractivity contribution is -0.113. The molecule has 8 nitrogen and oxygen atoms in total. The Bertz CT molecular complexity index is 1130. The molecule has 9 heteroatoms. The lowest BCUT2D eigenvalue weighted by Crippen LogP contribution is -2.15. The van der Waals surface area contributed by atoms with Crippen LogP contribution in [-0.4, -0.2) is 33.2 Å². The van der Waals surface area contributed by atoms with E-state index in [9.17, 15) is 4.79 Å². The van der Waals surface area contributed by atoms with Crippen molar-refractivity contribution in [2.75, 3.05) is 17.9 Å². The second-order valence-electron chi connectivity index (χ2n) is 7.83. The first kappa shape index (κ1) is 22.0. The van der Waals surface area contributed by atoms with E-state index < -0.39 is 0 Å². The molecule has 0 fully saturated rings. The van der Waals surface area contributed by atoms with E-state index in [0.717, 1.165) is 17.1 Å². The number of carbonyl (C=O) groups is 1. The molecule has 0 saturated heterocycles. The summed E-state index contributed by atoms with van der Waals surface area (Å²) in [5, 5.41) is 12.2. The van der Waals surface area contributed by atoms with Gasteiger partial charge in [-0.1, -0.05) is 29.5 Å². The average molecular weight is 455 g/mol. The van der Waals surface area contributed by atoms with Crippen LogP contribution in [0.25, 0.3) is 0 Å². The van der Waals surface area contributed by atoms with Crippen LogP contribution in [0.15, 0.2) is 41.6 Å². The minimum atomic E-state index is -0.139. The first-order chi connectivity index (χ1) is 15.4. The van der Waals surface area contributed by atoms with Crippen molar-refractivity contribution < 1.29 is 19.0 Å². The normalized spacial score (nSPS) is 12.3. The maximum absolute atomic E-state index is 12.5. The molecule has 0 unspecified atom stereocenters. The van der Waals surface area contributed by atoms with Gasteiger partial charge in [-0.25, -0.2) is 0 Å².